The fourth-order valence-electron chi connectivity index (χ4n) is 2.16. The van der Waals surface area contributed by atoms with Crippen molar-refractivity contribution in [2.45, 2.75) is 17.7 Å². The molecule has 0 atom stereocenters. The Labute approximate surface area is 134 Å². The highest BCUT2D eigenvalue weighted by Crippen LogP contribution is 2.29. The van der Waals surface area contributed by atoms with Crippen LogP contribution in [-0.4, -0.2) is 36.0 Å². The standard InChI is InChI=1S/C10H10N4O3S.C4H9N/c11-9-7(5-13-10(12)14-9)6-3-1-2-4-8(6)18(15,16)17;1-2-4-5-3-1/h1-5H,(H,15,16,17)(H4,11,12,13,14);5H,1-4H2. The van der Waals surface area contributed by atoms with Crippen molar-refractivity contribution < 1.29 is 13.0 Å². The lowest BCUT2D eigenvalue weighted by Gasteiger charge is -2.08. The number of hydrogen-bond donors (Lipinski definition) is 4. The Hall–Kier alpha value is -2.23. The van der Waals surface area contributed by atoms with Gasteiger partial charge in [0.15, 0.2) is 0 Å². The third-order valence-electron chi connectivity index (χ3n) is 3.25. The number of nitrogens with one attached hydrogen (secondary N) is 1. The Morgan fingerprint density at radius 2 is 1.74 bits per heavy atom. The van der Waals surface area contributed by atoms with Crippen LogP contribution in [0.15, 0.2) is 35.4 Å². The Kier molecular flexibility index (Phi) is 5.48. The largest absolute Gasteiger partial charge is 0.383 e. The molecule has 1 aliphatic heterocycles. The lowest BCUT2D eigenvalue weighted by Crippen LogP contribution is -2.04. The van der Waals surface area contributed by atoms with Crippen molar-refractivity contribution in [3.8, 4) is 11.1 Å². The van der Waals surface area contributed by atoms with Crippen LogP contribution in [-0.2, 0) is 10.1 Å². The molecule has 1 fully saturated rings. The van der Waals surface area contributed by atoms with Gasteiger partial charge in [-0.3, -0.25) is 4.55 Å². The number of nitrogen functional groups attached to an aromatic ring is 2. The van der Waals surface area contributed by atoms with Crippen LogP contribution < -0.4 is 16.8 Å². The maximum absolute atomic E-state index is 11.3. The molecule has 124 valence electrons. The van der Waals surface area contributed by atoms with Gasteiger partial charge in [-0.25, -0.2) is 4.98 Å². The van der Waals surface area contributed by atoms with Crippen LogP contribution >= 0.6 is 0 Å². The van der Waals surface area contributed by atoms with E-state index in [4.69, 9.17) is 16.0 Å². The minimum Gasteiger partial charge on any atom is -0.383 e. The second-order valence-electron chi connectivity index (χ2n) is 4.96. The van der Waals surface area contributed by atoms with Crippen molar-refractivity contribution in [3.05, 3.63) is 30.5 Å². The summed E-state index contributed by atoms with van der Waals surface area (Å²) in [6.45, 7) is 2.50. The number of nitrogens with two attached hydrogens (primary N) is 2. The summed E-state index contributed by atoms with van der Waals surface area (Å²) in [5.41, 5.74) is 11.5. The second kappa shape index (κ2) is 7.36. The summed E-state index contributed by atoms with van der Waals surface area (Å²) in [4.78, 5) is 7.23. The normalized spacial score (nSPS) is 14.1. The molecular weight excluding hydrogens is 318 g/mol. The van der Waals surface area contributed by atoms with Crippen LogP contribution in [0.25, 0.3) is 11.1 Å². The zero-order valence-corrected chi connectivity index (χ0v) is 13.3. The molecule has 0 spiro atoms. The van der Waals surface area contributed by atoms with Crippen molar-refractivity contribution in [2.24, 2.45) is 0 Å². The van der Waals surface area contributed by atoms with Crippen LogP contribution in [0.4, 0.5) is 11.8 Å². The molecule has 1 saturated heterocycles. The summed E-state index contributed by atoms with van der Waals surface area (Å²) < 4.78 is 31.7. The molecule has 1 aromatic carbocycles. The van der Waals surface area contributed by atoms with Crippen LogP contribution in [0.5, 0.6) is 0 Å². The predicted octanol–water partition coefficient (Wildman–Crippen LogP) is 0.924. The molecule has 2 heterocycles. The number of anilines is 2. The number of aromatic nitrogens is 2. The average molecular weight is 337 g/mol. The molecular formula is C14H19N5O3S. The van der Waals surface area contributed by atoms with E-state index in [0.717, 1.165) is 0 Å². The number of rotatable bonds is 2. The van der Waals surface area contributed by atoms with Crippen molar-refractivity contribution in [3.63, 3.8) is 0 Å². The van der Waals surface area contributed by atoms with Gasteiger partial charge in [0.25, 0.3) is 10.1 Å². The van der Waals surface area contributed by atoms with Gasteiger partial charge in [0.05, 0.1) is 0 Å². The Morgan fingerprint density at radius 3 is 2.26 bits per heavy atom. The van der Waals surface area contributed by atoms with E-state index in [1.807, 2.05) is 0 Å². The molecule has 8 nitrogen and oxygen atoms in total. The zero-order valence-electron chi connectivity index (χ0n) is 12.4. The smallest absolute Gasteiger partial charge is 0.295 e. The van der Waals surface area contributed by atoms with Gasteiger partial charge >= 0.3 is 0 Å². The molecule has 0 saturated carbocycles. The van der Waals surface area contributed by atoms with Gasteiger partial charge in [-0.15, -0.1) is 0 Å². The predicted molar refractivity (Wildman–Crippen MR) is 88.2 cm³/mol. The first kappa shape index (κ1) is 17.1. The molecule has 9 heteroatoms. The minimum absolute atomic E-state index is 0.0133. The molecule has 1 aliphatic rings. The highest BCUT2D eigenvalue weighted by atomic mass is 32.2. The minimum atomic E-state index is -4.35. The average Bonchev–Trinajstić information content (AvgIpc) is 3.06. The SMILES string of the molecule is C1CCNC1.Nc1ncc(-c2ccccc2S(=O)(=O)O)c(N)n1. The Bertz CT molecular complexity index is 768. The topological polar surface area (TPSA) is 144 Å². The molecule has 0 aliphatic carbocycles. The maximum atomic E-state index is 11.3. The molecule has 0 unspecified atom stereocenters. The van der Waals surface area contributed by atoms with Crippen LogP contribution in [0.2, 0.25) is 0 Å². The number of benzene rings is 1. The monoisotopic (exact) mass is 337 g/mol. The fourth-order valence-corrected chi connectivity index (χ4v) is 2.86. The summed E-state index contributed by atoms with van der Waals surface area (Å²) in [7, 11) is -4.35. The van der Waals surface area contributed by atoms with E-state index in [1.54, 1.807) is 6.07 Å². The third kappa shape index (κ3) is 4.62. The third-order valence-corrected chi connectivity index (χ3v) is 4.16. The van der Waals surface area contributed by atoms with E-state index in [1.165, 1.54) is 50.3 Å². The lowest BCUT2D eigenvalue weighted by molar-refractivity contribution is 0.483. The van der Waals surface area contributed by atoms with Crippen LogP contribution in [0, 0.1) is 0 Å². The summed E-state index contributed by atoms with van der Waals surface area (Å²) >= 11 is 0. The van der Waals surface area contributed by atoms with E-state index in [9.17, 15) is 8.42 Å². The van der Waals surface area contributed by atoms with Crippen molar-refractivity contribution in [1.29, 1.82) is 0 Å². The molecule has 1 aromatic heterocycles. The first-order chi connectivity index (χ1) is 10.9. The van der Waals surface area contributed by atoms with Crippen molar-refractivity contribution in [1.82, 2.24) is 15.3 Å². The quantitative estimate of drug-likeness (QED) is 0.592. The Balaban J connectivity index is 0.000000326. The van der Waals surface area contributed by atoms with Gasteiger partial charge in [0.2, 0.25) is 5.95 Å². The van der Waals surface area contributed by atoms with E-state index in [0.29, 0.717) is 0 Å². The molecule has 2 aromatic rings. The zero-order chi connectivity index (χ0) is 16.9. The van der Waals surface area contributed by atoms with Gasteiger partial charge in [0, 0.05) is 17.3 Å². The van der Waals surface area contributed by atoms with Crippen LogP contribution in [0.1, 0.15) is 12.8 Å². The van der Waals surface area contributed by atoms with E-state index >= 15 is 0 Å². The summed E-state index contributed by atoms with van der Waals surface area (Å²) in [5, 5.41) is 3.22. The van der Waals surface area contributed by atoms with Crippen LogP contribution in [0.3, 0.4) is 0 Å². The number of nitrogens with zero attached hydrogens (tertiary/aromatic N) is 2. The second-order valence-corrected chi connectivity index (χ2v) is 6.35. The summed E-state index contributed by atoms with van der Waals surface area (Å²) in [6.07, 6.45) is 4.08. The van der Waals surface area contributed by atoms with E-state index < -0.39 is 10.1 Å². The first-order valence-electron chi connectivity index (χ1n) is 7.05. The molecule has 0 bridgehead atoms. The molecule has 6 N–H and O–H groups in total. The first-order valence-corrected chi connectivity index (χ1v) is 8.49. The van der Waals surface area contributed by atoms with Gasteiger partial charge in [0.1, 0.15) is 10.7 Å². The molecule has 23 heavy (non-hydrogen) atoms. The molecule has 0 amide bonds. The lowest BCUT2D eigenvalue weighted by atomic mass is 10.1. The highest BCUT2D eigenvalue weighted by molar-refractivity contribution is 7.86. The van der Waals surface area contributed by atoms with Gasteiger partial charge in [-0.1, -0.05) is 18.2 Å². The highest BCUT2D eigenvalue weighted by Gasteiger charge is 2.18. The maximum Gasteiger partial charge on any atom is 0.295 e. The van der Waals surface area contributed by atoms with Crippen molar-refractivity contribution >= 4 is 21.9 Å². The van der Waals surface area contributed by atoms with Gasteiger partial charge in [-0.2, -0.15) is 13.4 Å². The van der Waals surface area contributed by atoms with Crippen molar-refractivity contribution in [2.75, 3.05) is 24.6 Å². The van der Waals surface area contributed by atoms with E-state index in [-0.39, 0.29) is 27.8 Å². The molecule has 3 rings (SSSR count). The fraction of sp³-hybridized carbons (Fsp3) is 0.286. The van der Waals surface area contributed by atoms with E-state index in [2.05, 4.69) is 15.3 Å². The molecule has 0 radical (unpaired) electrons. The van der Waals surface area contributed by atoms with Gasteiger partial charge < -0.3 is 16.8 Å². The summed E-state index contributed by atoms with van der Waals surface area (Å²) in [6, 6.07) is 5.86. The summed E-state index contributed by atoms with van der Waals surface area (Å²) in [5.74, 6) is 0.0270. The van der Waals surface area contributed by atoms with Gasteiger partial charge in [-0.05, 0) is 32.0 Å². The number of hydrogen-bond acceptors (Lipinski definition) is 7. The Morgan fingerprint density at radius 1 is 1.09 bits per heavy atom.